The number of aryl methyl sites for hydroxylation is 1. The summed E-state index contributed by atoms with van der Waals surface area (Å²) in [5.41, 5.74) is 25.9. The van der Waals surface area contributed by atoms with Crippen molar-refractivity contribution < 1.29 is 0 Å². The minimum atomic E-state index is -0.209. The average molecular weight is 810 g/mol. The van der Waals surface area contributed by atoms with Gasteiger partial charge in [-0.1, -0.05) is 174 Å². The molecular weight excluding hydrogens is 759 g/mol. The van der Waals surface area contributed by atoms with E-state index in [1.807, 2.05) is 0 Å². The Kier molecular flexibility index (Phi) is 7.96. The highest BCUT2D eigenvalue weighted by Gasteiger charge is 2.43. The van der Waals surface area contributed by atoms with Crippen LogP contribution in [0.1, 0.15) is 80.5 Å². The molecule has 0 amide bonds. The van der Waals surface area contributed by atoms with Crippen LogP contribution in [-0.2, 0) is 16.2 Å². The molecule has 304 valence electrons. The zero-order valence-electron chi connectivity index (χ0n) is 37.3. The van der Waals surface area contributed by atoms with E-state index in [0.29, 0.717) is 0 Å². The summed E-state index contributed by atoms with van der Waals surface area (Å²) in [5, 5.41) is 2.63. The second-order valence-electron chi connectivity index (χ2n) is 19.8. The van der Waals surface area contributed by atoms with Crippen LogP contribution in [0.15, 0.2) is 182 Å². The Morgan fingerprint density at radius 1 is 0.302 bits per heavy atom. The SMILES string of the molecule is Cc1ccc(N(c2ccc3c(c2)C(C)(C)c2ccccc2-3)c2ccc3c(c2)C(C)(C)c2cc4c(cc2-3)C(C)(C)c2cc(-c3ccc(-c5ccccc5)cc3)c3ccccc3c2-4)cc1. The first-order valence-corrected chi connectivity index (χ1v) is 22.6. The van der Waals surface area contributed by atoms with E-state index < -0.39 is 0 Å². The summed E-state index contributed by atoms with van der Waals surface area (Å²) in [4.78, 5) is 2.47. The Hall–Kier alpha value is -6.96. The van der Waals surface area contributed by atoms with Crippen LogP contribution in [-0.4, -0.2) is 0 Å². The number of rotatable bonds is 5. The maximum atomic E-state index is 2.57. The van der Waals surface area contributed by atoms with Gasteiger partial charge in [0.15, 0.2) is 0 Å². The van der Waals surface area contributed by atoms with E-state index in [0.717, 1.165) is 5.69 Å². The Bertz CT molecular complexity index is 3340. The van der Waals surface area contributed by atoms with E-state index in [1.165, 1.54) is 117 Å². The maximum absolute atomic E-state index is 2.57. The molecular formula is C62H51N. The minimum Gasteiger partial charge on any atom is -0.310 e. The number of fused-ring (bicyclic) bond motifs is 11. The van der Waals surface area contributed by atoms with E-state index in [-0.39, 0.29) is 16.2 Å². The van der Waals surface area contributed by atoms with E-state index >= 15 is 0 Å². The van der Waals surface area contributed by atoms with Gasteiger partial charge in [0.1, 0.15) is 0 Å². The smallest absolute Gasteiger partial charge is 0.0465 e. The van der Waals surface area contributed by atoms with Crippen LogP contribution < -0.4 is 4.90 Å². The van der Waals surface area contributed by atoms with Crippen LogP contribution in [0.5, 0.6) is 0 Å². The van der Waals surface area contributed by atoms with Crippen molar-refractivity contribution in [1.82, 2.24) is 0 Å². The largest absolute Gasteiger partial charge is 0.310 e. The Labute approximate surface area is 372 Å². The summed E-state index contributed by atoms with van der Waals surface area (Å²) in [7, 11) is 0. The van der Waals surface area contributed by atoms with Gasteiger partial charge >= 0.3 is 0 Å². The van der Waals surface area contributed by atoms with Crippen LogP contribution in [0.4, 0.5) is 17.1 Å². The van der Waals surface area contributed by atoms with Gasteiger partial charge in [-0.15, -0.1) is 0 Å². The molecule has 12 rings (SSSR count). The lowest BCUT2D eigenvalue weighted by Crippen LogP contribution is -2.18. The molecule has 0 bridgehead atoms. The highest BCUT2D eigenvalue weighted by molar-refractivity contribution is 6.09. The molecule has 9 aromatic rings. The first-order valence-electron chi connectivity index (χ1n) is 22.6. The van der Waals surface area contributed by atoms with Crippen LogP contribution >= 0.6 is 0 Å². The van der Waals surface area contributed by atoms with Crippen molar-refractivity contribution in [3.05, 3.63) is 221 Å². The average Bonchev–Trinajstić information content (AvgIpc) is 3.78. The predicted octanol–water partition coefficient (Wildman–Crippen LogP) is 16.9. The Morgan fingerprint density at radius 3 is 1.46 bits per heavy atom. The fourth-order valence-electron chi connectivity index (χ4n) is 11.6. The van der Waals surface area contributed by atoms with Gasteiger partial charge in [-0.25, -0.2) is 0 Å². The van der Waals surface area contributed by atoms with Crippen molar-refractivity contribution in [1.29, 1.82) is 0 Å². The summed E-state index contributed by atoms with van der Waals surface area (Å²) < 4.78 is 0. The molecule has 0 saturated carbocycles. The summed E-state index contributed by atoms with van der Waals surface area (Å²) in [5.74, 6) is 0. The molecule has 0 atom stereocenters. The minimum absolute atomic E-state index is 0.0870. The molecule has 1 heteroatoms. The summed E-state index contributed by atoms with van der Waals surface area (Å²) >= 11 is 0. The van der Waals surface area contributed by atoms with Gasteiger partial charge in [-0.2, -0.15) is 0 Å². The lowest BCUT2D eigenvalue weighted by molar-refractivity contribution is 0.652. The quantitative estimate of drug-likeness (QED) is 0.167. The Balaban J connectivity index is 0.974. The van der Waals surface area contributed by atoms with Gasteiger partial charge in [-0.05, 0) is 161 Å². The van der Waals surface area contributed by atoms with Gasteiger partial charge in [-0.3, -0.25) is 0 Å². The fourth-order valence-corrected chi connectivity index (χ4v) is 11.6. The molecule has 0 spiro atoms. The van der Waals surface area contributed by atoms with E-state index in [1.54, 1.807) is 0 Å². The lowest BCUT2D eigenvalue weighted by atomic mass is 9.79. The van der Waals surface area contributed by atoms with Gasteiger partial charge in [0.2, 0.25) is 0 Å². The van der Waals surface area contributed by atoms with Crippen molar-refractivity contribution in [2.45, 2.75) is 64.7 Å². The van der Waals surface area contributed by atoms with Crippen molar-refractivity contribution in [2.24, 2.45) is 0 Å². The fraction of sp³-hybridized carbons (Fsp3) is 0.161. The summed E-state index contributed by atoms with van der Waals surface area (Å²) in [6.45, 7) is 16.6. The third-order valence-electron chi connectivity index (χ3n) is 15.1. The second-order valence-corrected chi connectivity index (χ2v) is 19.8. The first-order chi connectivity index (χ1) is 30.4. The maximum Gasteiger partial charge on any atom is 0.0465 e. The molecule has 0 heterocycles. The molecule has 0 unspecified atom stereocenters. The van der Waals surface area contributed by atoms with E-state index in [2.05, 4.69) is 235 Å². The van der Waals surface area contributed by atoms with Gasteiger partial charge in [0.05, 0.1) is 0 Å². The molecule has 0 radical (unpaired) electrons. The highest BCUT2D eigenvalue weighted by atomic mass is 15.1. The highest BCUT2D eigenvalue weighted by Crippen LogP contribution is 2.59. The van der Waals surface area contributed by atoms with Gasteiger partial charge in [0.25, 0.3) is 0 Å². The predicted molar refractivity (Wildman–Crippen MR) is 267 cm³/mol. The molecule has 0 fully saturated rings. The molecule has 0 saturated heterocycles. The number of hydrogen-bond acceptors (Lipinski definition) is 1. The Morgan fingerprint density at radius 2 is 0.762 bits per heavy atom. The number of hydrogen-bond donors (Lipinski definition) is 0. The lowest BCUT2D eigenvalue weighted by Gasteiger charge is -2.30. The first kappa shape index (κ1) is 37.8. The second kappa shape index (κ2) is 13.3. The van der Waals surface area contributed by atoms with Gasteiger partial charge < -0.3 is 4.90 Å². The van der Waals surface area contributed by atoms with Crippen molar-refractivity contribution in [3.8, 4) is 55.6 Å². The van der Waals surface area contributed by atoms with E-state index in [4.69, 9.17) is 0 Å². The molecule has 3 aliphatic rings. The molecule has 9 aromatic carbocycles. The topological polar surface area (TPSA) is 3.24 Å². The number of benzene rings is 9. The zero-order chi connectivity index (χ0) is 43.0. The molecule has 0 aliphatic heterocycles. The van der Waals surface area contributed by atoms with Crippen LogP contribution in [0.25, 0.3) is 66.4 Å². The number of anilines is 3. The van der Waals surface area contributed by atoms with Crippen molar-refractivity contribution in [3.63, 3.8) is 0 Å². The third-order valence-corrected chi connectivity index (χ3v) is 15.1. The number of nitrogens with zero attached hydrogens (tertiary/aromatic N) is 1. The molecule has 0 N–H and O–H groups in total. The monoisotopic (exact) mass is 809 g/mol. The summed E-state index contributed by atoms with van der Waals surface area (Å²) in [6, 6.07) is 68.8. The van der Waals surface area contributed by atoms with Crippen LogP contribution in [0.2, 0.25) is 0 Å². The molecule has 3 aliphatic carbocycles. The zero-order valence-corrected chi connectivity index (χ0v) is 37.3. The van der Waals surface area contributed by atoms with Crippen LogP contribution in [0, 0.1) is 6.92 Å². The standard InChI is InChI=1S/C62H51N/c1-38-21-27-42(28-22-38)63(43-29-31-47-46-18-13-14-20-53(46)60(2,3)54(47)33-43)44-30-32-48-51-36-57-52(37-56(51)61(4,5)55(48)34-44)59-49-19-12-11-17-45(49)50(35-58(59)62(57,6)7)41-25-23-40(24-26-41)39-15-9-8-10-16-39/h8-37H,1-7H3. The van der Waals surface area contributed by atoms with Crippen molar-refractivity contribution >= 4 is 27.8 Å². The molecule has 1 nitrogen and oxygen atoms in total. The van der Waals surface area contributed by atoms with Gasteiger partial charge in [0, 0.05) is 33.3 Å². The third kappa shape index (κ3) is 5.42. The van der Waals surface area contributed by atoms with Crippen LogP contribution in [0.3, 0.4) is 0 Å². The van der Waals surface area contributed by atoms with E-state index in [9.17, 15) is 0 Å². The molecule has 0 aromatic heterocycles. The normalized spacial score (nSPS) is 15.3. The summed E-state index contributed by atoms with van der Waals surface area (Å²) in [6.07, 6.45) is 0. The molecule has 63 heavy (non-hydrogen) atoms. The van der Waals surface area contributed by atoms with Crippen molar-refractivity contribution in [2.75, 3.05) is 4.90 Å².